The van der Waals surface area contributed by atoms with E-state index in [0.717, 1.165) is 16.8 Å². The van der Waals surface area contributed by atoms with Crippen molar-refractivity contribution in [2.45, 2.75) is 46.1 Å². The quantitative estimate of drug-likeness (QED) is 0.769. The molecule has 1 aliphatic carbocycles. The molecule has 1 fully saturated rings. The van der Waals surface area contributed by atoms with E-state index >= 15 is 0 Å². The second kappa shape index (κ2) is 7.32. The van der Waals surface area contributed by atoms with Crippen molar-refractivity contribution in [2.24, 2.45) is 5.41 Å². The van der Waals surface area contributed by atoms with Crippen molar-refractivity contribution in [3.05, 3.63) is 65.2 Å². The standard InChI is InChI=1S/C22H26N2O2/c1-15(2)18-6-4-5-7-19(18)24-21(26)22(12-13-22)20(25)23-14-17-10-8-16(3)9-11-17/h4-11,15H,12-14H2,1-3H3,(H,23,25)(H,24,26). The first-order valence-corrected chi connectivity index (χ1v) is 9.16. The summed E-state index contributed by atoms with van der Waals surface area (Å²) in [7, 11) is 0. The molecule has 2 aromatic carbocycles. The van der Waals surface area contributed by atoms with Gasteiger partial charge < -0.3 is 10.6 Å². The minimum Gasteiger partial charge on any atom is -0.351 e. The third-order valence-electron chi connectivity index (χ3n) is 5.02. The lowest BCUT2D eigenvalue weighted by molar-refractivity contribution is -0.134. The molecule has 0 saturated heterocycles. The van der Waals surface area contributed by atoms with Crippen LogP contribution in [0.15, 0.2) is 48.5 Å². The molecule has 26 heavy (non-hydrogen) atoms. The molecule has 1 saturated carbocycles. The van der Waals surface area contributed by atoms with Crippen LogP contribution in [-0.2, 0) is 16.1 Å². The van der Waals surface area contributed by atoms with Crippen LogP contribution < -0.4 is 10.6 Å². The highest BCUT2D eigenvalue weighted by molar-refractivity contribution is 6.13. The lowest BCUT2D eigenvalue weighted by atomic mass is 9.99. The Kier molecular flexibility index (Phi) is 5.12. The summed E-state index contributed by atoms with van der Waals surface area (Å²) in [6.07, 6.45) is 1.20. The first-order chi connectivity index (χ1) is 12.4. The van der Waals surface area contributed by atoms with Crippen molar-refractivity contribution >= 4 is 17.5 Å². The predicted octanol–water partition coefficient (Wildman–Crippen LogP) is 4.15. The Balaban J connectivity index is 1.65. The molecular formula is C22H26N2O2. The summed E-state index contributed by atoms with van der Waals surface area (Å²) >= 11 is 0. The van der Waals surface area contributed by atoms with E-state index in [1.54, 1.807) is 0 Å². The molecular weight excluding hydrogens is 324 g/mol. The van der Waals surface area contributed by atoms with E-state index in [1.807, 2.05) is 55.5 Å². The van der Waals surface area contributed by atoms with Crippen molar-refractivity contribution in [1.29, 1.82) is 0 Å². The second-order valence-electron chi connectivity index (χ2n) is 7.45. The number of amides is 2. The fourth-order valence-electron chi connectivity index (χ4n) is 3.10. The van der Waals surface area contributed by atoms with Gasteiger partial charge in [0.2, 0.25) is 11.8 Å². The fraction of sp³-hybridized carbons (Fsp3) is 0.364. The van der Waals surface area contributed by atoms with Crippen molar-refractivity contribution in [3.8, 4) is 0 Å². The van der Waals surface area contributed by atoms with Crippen LogP contribution in [0.1, 0.15) is 49.3 Å². The van der Waals surface area contributed by atoms with Gasteiger partial charge in [0.05, 0.1) is 0 Å². The van der Waals surface area contributed by atoms with Crippen molar-refractivity contribution in [2.75, 3.05) is 5.32 Å². The Morgan fingerprint density at radius 1 is 1.00 bits per heavy atom. The van der Waals surface area contributed by atoms with Crippen LogP contribution in [-0.4, -0.2) is 11.8 Å². The van der Waals surface area contributed by atoms with Crippen LogP contribution in [0, 0.1) is 12.3 Å². The highest BCUT2D eigenvalue weighted by atomic mass is 16.2. The van der Waals surface area contributed by atoms with E-state index < -0.39 is 5.41 Å². The largest absolute Gasteiger partial charge is 0.351 e. The zero-order valence-electron chi connectivity index (χ0n) is 15.6. The van der Waals surface area contributed by atoms with Crippen molar-refractivity contribution in [3.63, 3.8) is 0 Å². The van der Waals surface area contributed by atoms with Crippen LogP contribution in [0.2, 0.25) is 0 Å². The van der Waals surface area contributed by atoms with E-state index in [4.69, 9.17) is 0 Å². The summed E-state index contributed by atoms with van der Waals surface area (Å²) in [4.78, 5) is 25.4. The number of nitrogens with one attached hydrogen (secondary N) is 2. The highest BCUT2D eigenvalue weighted by Crippen LogP contribution is 2.47. The molecule has 3 rings (SSSR count). The maximum Gasteiger partial charge on any atom is 0.240 e. The maximum atomic E-state index is 12.8. The third-order valence-corrected chi connectivity index (χ3v) is 5.02. The number of rotatable bonds is 6. The average molecular weight is 350 g/mol. The number of anilines is 1. The number of para-hydroxylation sites is 1. The molecule has 0 radical (unpaired) electrons. The van der Waals surface area contributed by atoms with E-state index in [-0.39, 0.29) is 11.8 Å². The molecule has 2 amide bonds. The van der Waals surface area contributed by atoms with Gasteiger partial charge in [0, 0.05) is 12.2 Å². The topological polar surface area (TPSA) is 58.2 Å². The van der Waals surface area contributed by atoms with Crippen LogP contribution in [0.3, 0.4) is 0 Å². The third kappa shape index (κ3) is 3.79. The molecule has 0 heterocycles. The molecule has 4 nitrogen and oxygen atoms in total. The zero-order chi connectivity index (χ0) is 18.7. The summed E-state index contributed by atoms with van der Waals surface area (Å²) in [6.45, 7) is 6.65. The molecule has 0 unspecified atom stereocenters. The predicted molar refractivity (Wildman–Crippen MR) is 104 cm³/mol. The lowest BCUT2D eigenvalue weighted by Crippen LogP contribution is -2.39. The number of hydrogen-bond donors (Lipinski definition) is 2. The van der Waals surface area contributed by atoms with Gasteiger partial charge in [-0.25, -0.2) is 0 Å². The smallest absolute Gasteiger partial charge is 0.240 e. The Hall–Kier alpha value is -2.62. The van der Waals surface area contributed by atoms with Gasteiger partial charge in [0.1, 0.15) is 5.41 Å². The number of carbonyl (C=O) groups is 2. The first kappa shape index (κ1) is 18.2. The zero-order valence-corrected chi connectivity index (χ0v) is 15.6. The van der Waals surface area contributed by atoms with E-state index in [9.17, 15) is 9.59 Å². The van der Waals surface area contributed by atoms with Crippen LogP contribution in [0.5, 0.6) is 0 Å². The van der Waals surface area contributed by atoms with Crippen LogP contribution in [0.4, 0.5) is 5.69 Å². The van der Waals surface area contributed by atoms with Gasteiger partial charge in [0.15, 0.2) is 0 Å². The van der Waals surface area contributed by atoms with Gasteiger partial charge in [-0.05, 0) is 42.9 Å². The molecule has 0 aliphatic heterocycles. The van der Waals surface area contributed by atoms with Gasteiger partial charge in [-0.15, -0.1) is 0 Å². The molecule has 2 N–H and O–H groups in total. The molecule has 136 valence electrons. The minimum absolute atomic E-state index is 0.183. The number of benzene rings is 2. The van der Waals surface area contributed by atoms with Gasteiger partial charge in [0.25, 0.3) is 0 Å². The summed E-state index contributed by atoms with van der Waals surface area (Å²) in [5, 5.41) is 5.91. The van der Waals surface area contributed by atoms with Gasteiger partial charge in [-0.3, -0.25) is 9.59 Å². The van der Waals surface area contributed by atoms with E-state index in [0.29, 0.717) is 25.3 Å². The molecule has 0 aromatic heterocycles. The average Bonchev–Trinajstić information content (AvgIpc) is 3.43. The van der Waals surface area contributed by atoms with E-state index in [1.165, 1.54) is 5.56 Å². The monoisotopic (exact) mass is 350 g/mol. The Morgan fingerprint density at radius 2 is 1.65 bits per heavy atom. The summed E-state index contributed by atoms with van der Waals surface area (Å²) in [5.74, 6) is -0.0818. The molecule has 0 atom stereocenters. The van der Waals surface area contributed by atoms with Crippen LogP contribution >= 0.6 is 0 Å². The minimum atomic E-state index is -0.922. The first-order valence-electron chi connectivity index (χ1n) is 9.16. The highest BCUT2D eigenvalue weighted by Gasteiger charge is 2.56. The van der Waals surface area contributed by atoms with Gasteiger partial charge >= 0.3 is 0 Å². The molecule has 1 aliphatic rings. The lowest BCUT2D eigenvalue weighted by Gasteiger charge is -2.18. The SMILES string of the molecule is Cc1ccc(CNC(=O)C2(C(=O)Nc3ccccc3C(C)C)CC2)cc1. The maximum absolute atomic E-state index is 12.8. The molecule has 2 aromatic rings. The summed E-state index contributed by atoms with van der Waals surface area (Å²) in [6, 6.07) is 15.8. The van der Waals surface area contributed by atoms with Crippen molar-refractivity contribution < 1.29 is 9.59 Å². The van der Waals surface area contributed by atoms with E-state index in [2.05, 4.69) is 24.5 Å². The second-order valence-corrected chi connectivity index (χ2v) is 7.45. The van der Waals surface area contributed by atoms with Crippen molar-refractivity contribution in [1.82, 2.24) is 5.32 Å². The van der Waals surface area contributed by atoms with Gasteiger partial charge in [-0.2, -0.15) is 0 Å². The van der Waals surface area contributed by atoms with Gasteiger partial charge in [-0.1, -0.05) is 61.9 Å². The number of carbonyl (C=O) groups excluding carboxylic acids is 2. The Morgan fingerprint density at radius 3 is 2.27 bits per heavy atom. The number of aryl methyl sites for hydroxylation is 1. The molecule has 0 spiro atoms. The summed E-state index contributed by atoms with van der Waals surface area (Å²) < 4.78 is 0. The Labute approximate surface area is 155 Å². The fourth-order valence-corrected chi connectivity index (χ4v) is 3.10. The number of hydrogen-bond acceptors (Lipinski definition) is 2. The molecule has 4 heteroatoms. The normalized spacial score (nSPS) is 14.8. The molecule has 0 bridgehead atoms. The van der Waals surface area contributed by atoms with Crippen LogP contribution in [0.25, 0.3) is 0 Å². The summed E-state index contributed by atoms with van der Waals surface area (Å²) in [5.41, 5.74) is 3.17. The Bertz CT molecular complexity index is 805.